The van der Waals surface area contributed by atoms with Crippen LogP contribution in [0.4, 0.5) is 11.4 Å². The van der Waals surface area contributed by atoms with Crippen molar-refractivity contribution in [3.05, 3.63) is 83.3 Å². The number of carbonyl (C=O) groups excluding carboxylic acids is 3. The molecule has 35 heavy (non-hydrogen) atoms. The summed E-state index contributed by atoms with van der Waals surface area (Å²) in [7, 11) is 3.18. The number of carbonyl (C=O) groups is 3. The number of ketones is 1. The van der Waals surface area contributed by atoms with E-state index in [1.54, 1.807) is 42.5 Å². The van der Waals surface area contributed by atoms with Crippen LogP contribution in [0.5, 0.6) is 5.75 Å². The van der Waals surface area contributed by atoms with Gasteiger partial charge in [0, 0.05) is 18.3 Å². The van der Waals surface area contributed by atoms with E-state index in [1.807, 2.05) is 11.9 Å². The minimum atomic E-state index is -1.00. The monoisotopic (exact) mass is 474 g/mol. The molecule has 9 heteroatoms. The SMILES string of the molecule is COC(=O)c1ccc(N2C(=O)C(=O)/C(=C(\O)c3ccc4c(c3)N(C)CCO4)C2c2ccco2)cc1. The molecule has 1 N–H and O–H groups in total. The van der Waals surface area contributed by atoms with Gasteiger partial charge in [-0.15, -0.1) is 0 Å². The lowest BCUT2D eigenvalue weighted by molar-refractivity contribution is -0.132. The molecule has 0 saturated carbocycles. The molecule has 2 aliphatic heterocycles. The molecular formula is C26H22N2O7. The maximum absolute atomic E-state index is 13.2. The fourth-order valence-electron chi connectivity index (χ4n) is 4.34. The van der Waals surface area contributed by atoms with Gasteiger partial charge in [-0.2, -0.15) is 0 Å². The van der Waals surface area contributed by atoms with Gasteiger partial charge < -0.3 is 23.9 Å². The van der Waals surface area contributed by atoms with E-state index in [9.17, 15) is 19.5 Å². The third-order valence-electron chi connectivity index (χ3n) is 6.15. The lowest BCUT2D eigenvalue weighted by Crippen LogP contribution is -2.29. The van der Waals surface area contributed by atoms with Crippen molar-refractivity contribution in [1.82, 2.24) is 0 Å². The maximum Gasteiger partial charge on any atom is 0.337 e. The number of nitrogens with zero attached hydrogens (tertiary/aromatic N) is 2. The highest BCUT2D eigenvalue weighted by Crippen LogP contribution is 2.43. The van der Waals surface area contributed by atoms with Crippen LogP contribution in [0, 0.1) is 0 Å². The van der Waals surface area contributed by atoms with Crippen molar-refractivity contribution in [2.24, 2.45) is 0 Å². The molecule has 3 heterocycles. The second kappa shape index (κ2) is 8.68. The summed E-state index contributed by atoms with van der Waals surface area (Å²) < 4.78 is 16.0. The summed E-state index contributed by atoms with van der Waals surface area (Å²) in [5, 5.41) is 11.3. The number of benzene rings is 2. The summed E-state index contributed by atoms with van der Waals surface area (Å²) in [6.45, 7) is 1.22. The molecule has 9 nitrogen and oxygen atoms in total. The van der Waals surface area contributed by atoms with Crippen LogP contribution in [0.15, 0.2) is 70.9 Å². The fourth-order valence-corrected chi connectivity index (χ4v) is 4.34. The average molecular weight is 474 g/mol. The second-order valence-corrected chi connectivity index (χ2v) is 8.18. The summed E-state index contributed by atoms with van der Waals surface area (Å²) in [6.07, 6.45) is 1.43. The van der Waals surface area contributed by atoms with E-state index in [2.05, 4.69) is 0 Å². The van der Waals surface area contributed by atoms with Gasteiger partial charge in [0.2, 0.25) is 0 Å². The van der Waals surface area contributed by atoms with Crippen LogP contribution < -0.4 is 14.5 Å². The van der Waals surface area contributed by atoms with Gasteiger partial charge in [0.1, 0.15) is 29.9 Å². The van der Waals surface area contributed by atoms with Crippen molar-refractivity contribution in [2.75, 3.05) is 37.1 Å². The number of fused-ring (bicyclic) bond motifs is 1. The normalized spacial score (nSPS) is 18.9. The lowest BCUT2D eigenvalue weighted by Gasteiger charge is -2.28. The first kappa shape index (κ1) is 22.3. The van der Waals surface area contributed by atoms with Crippen LogP contribution in [-0.2, 0) is 14.3 Å². The predicted octanol–water partition coefficient (Wildman–Crippen LogP) is 3.52. The Labute approximate surface area is 200 Å². The maximum atomic E-state index is 13.2. The van der Waals surface area contributed by atoms with Gasteiger partial charge in [0.25, 0.3) is 11.7 Å². The number of aliphatic hydroxyl groups excluding tert-OH is 1. The number of hydrogen-bond acceptors (Lipinski definition) is 8. The van der Waals surface area contributed by atoms with E-state index in [0.717, 1.165) is 5.69 Å². The molecule has 1 amide bonds. The van der Waals surface area contributed by atoms with E-state index >= 15 is 0 Å². The lowest BCUT2D eigenvalue weighted by atomic mass is 9.98. The Morgan fingerprint density at radius 1 is 1.09 bits per heavy atom. The molecule has 1 unspecified atom stereocenters. The van der Waals surface area contributed by atoms with Gasteiger partial charge in [-0.25, -0.2) is 4.79 Å². The van der Waals surface area contributed by atoms with Gasteiger partial charge in [-0.1, -0.05) is 0 Å². The summed E-state index contributed by atoms with van der Waals surface area (Å²) in [6, 6.07) is 13.4. The van der Waals surface area contributed by atoms with Gasteiger partial charge in [-0.05, 0) is 54.6 Å². The standard InChI is InChI=1S/C26H22N2O7/c1-27-11-13-35-19-10-7-16(14-18(19)27)23(29)21-22(20-4-3-12-34-20)28(25(31)24(21)30)17-8-5-15(6-9-17)26(32)33-2/h3-10,12,14,22,29H,11,13H2,1-2H3/b23-21-. The quantitative estimate of drug-likeness (QED) is 0.265. The van der Waals surface area contributed by atoms with Crippen molar-refractivity contribution < 1.29 is 33.4 Å². The Morgan fingerprint density at radius 2 is 1.83 bits per heavy atom. The van der Waals surface area contributed by atoms with Crippen molar-refractivity contribution >= 4 is 34.8 Å². The van der Waals surface area contributed by atoms with Crippen molar-refractivity contribution in [3.63, 3.8) is 0 Å². The molecule has 5 rings (SSSR count). The Hall–Kier alpha value is -4.53. The van der Waals surface area contributed by atoms with E-state index < -0.39 is 23.7 Å². The third kappa shape index (κ3) is 3.71. The first-order chi connectivity index (χ1) is 16.9. The molecule has 1 saturated heterocycles. The molecule has 2 aromatic carbocycles. The Balaban J connectivity index is 1.63. The zero-order valence-electron chi connectivity index (χ0n) is 19.1. The Kier molecular flexibility index (Phi) is 5.52. The van der Waals surface area contributed by atoms with Crippen molar-refractivity contribution in [1.29, 1.82) is 0 Å². The molecule has 3 aromatic rings. The number of aliphatic hydroxyl groups is 1. The minimum absolute atomic E-state index is 0.0960. The van der Waals surface area contributed by atoms with E-state index in [-0.39, 0.29) is 11.3 Å². The van der Waals surface area contributed by atoms with Gasteiger partial charge in [0.15, 0.2) is 0 Å². The van der Waals surface area contributed by atoms with Gasteiger partial charge >= 0.3 is 5.97 Å². The van der Waals surface area contributed by atoms with E-state index in [0.29, 0.717) is 41.5 Å². The molecule has 0 aliphatic carbocycles. The summed E-state index contributed by atoms with van der Waals surface area (Å²) in [5.74, 6) is -1.53. The third-order valence-corrected chi connectivity index (χ3v) is 6.15. The average Bonchev–Trinajstić information content (AvgIpc) is 3.50. The van der Waals surface area contributed by atoms with Gasteiger partial charge in [-0.3, -0.25) is 14.5 Å². The minimum Gasteiger partial charge on any atom is -0.507 e. The molecular weight excluding hydrogens is 452 g/mol. The Morgan fingerprint density at radius 3 is 2.51 bits per heavy atom. The number of likely N-dealkylation sites (N-methyl/N-ethyl adjacent to an activating group) is 1. The number of Topliss-reactive ketones (excluding diaryl/α,β-unsaturated/α-hetero) is 1. The first-order valence-electron chi connectivity index (χ1n) is 10.9. The zero-order valence-corrected chi connectivity index (χ0v) is 19.1. The zero-order chi connectivity index (χ0) is 24.7. The molecule has 1 aromatic heterocycles. The summed E-state index contributed by atoms with van der Waals surface area (Å²) in [5.41, 5.74) is 1.70. The van der Waals surface area contributed by atoms with Crippen LogP contribution in [0.1, 0.15) is 27.7 Å². The first-order valence-corrected chi connectivity index (χ1v) is 10.9. The number of ether oxygens (including phenoxy) is 2. The molecule has 178 valence electrons. The number of esters is 1. The molecule has 0 radical (unpaired) electrons. The van der Waals surface area contributed by atoms with Crippen LogP contribution in [0.3, 0.4) is 0 Å². The number of rotatable bonds is 4. The van der Waals surface area contributed by atoms with Crippen LogP contribution >= 0.6 is 0 Å². The second-order valence-electron chi connectivity index (χ2n) is 8.18. The topological polar surface area (TPSA) is 110 Å². The number of anilines is 2. The molecule has 0 bridgehead atoms. The Bertz CT molecular complexity index is 1340. The number of furan rings is 1. The van der Waals surface area contributed by atoms with Crippen LogP contribution in [0.25, 0.3) is 5.76 Å². The highest BCUT2D eigenvalue weighted by atomic mass is 16.5. The number of methoxy groups -OCH3 is 1. The smallest absolute Gasteiger partial charge is 0.337 e. The summed E-state index contributed by atoms with van der Waals surface area (Å²) in [4.78, 5) is 41.5. The van der Waals surface area contributed by atoms with Crippen molar-refractivity contribution in [2.45, 2.75) is 6.04 Å². The highest BCUT2D eigenvalue weighted by molar-refractivity contribution is 6.51. The van der Waals surface area contributed by atoms with E-state index in [1.165, 1.54) is 30.4 Å². The molecule has 1 fully saturated rings. The fraction of sp³-hybridized carbons (Fsp3) is 0.192. The molecule has 0 spiro atoms. The van der Waals surface area contributed by atoms with Crippen molar-refractivity contribution in [3.8, 4) is 5.75 Å². The highest BCUT2D eigenvalue weighted by Gasteiger charge is 2.48. The van der Waals surface area contributed by atoms with E-state index in [4.69, 9.17) is 13.9 Å². The number of hydrogen-bond donors (Lipinski definition) is 1. The predicted molar refractivity (Wildman–Crippen MR) is 126 cm³/mol. The van der Waals surface area contributed by atoms with Crippen LogP contribution in [0.2, 0.25) is 0 Å². The molecule has 1 atom stereocenters. The number of amides is 1. The van der Waals surface area contributed by atoms with Gasteiger partial charge in [0.05, 0.1) is 36.7 Å². The molecule has 2 aliphatic rings. The largest absolute Gasteiger partial charge is 0.507 e. The van der Waals surface area contributed by atoms with Crippen LogP contribution in [-0.4, -0.2) is 50.1 Å². The summed E-state index contributed by atoms with van der Waals surface area (Å²) >= 11 is 0.